The van der Waals surface area contributed by atoms with Gasteiger partial charge in [-0.3, -0.25) is 14.2 Å². The van der Waals surface area contributed by atoms with Crippen LogP contribution >= 0.6 is 23.1 Å². The zero-order valence-corrected chi connectivity index (χ0v) is 19.8. The van der Waals surface area contributed by atoms with Crippen molar-refractivity contribution < 1.29 is 4.79 Å². The fourth-order valence-corrected chi connectivity index (χ4v) is 7.08. The minimum absolute atomic E-state index is 0.0212. The number of para-hydroxylation sites is 2. The number of carbonyl (C=O) groups excluding carboxylic acids is 1. The van der Waals surface area contributed by atoms with Crippen LogP contribution in [0.15, 0.2) is 64.5 Å². The number of amides is 1. The first-order valence-electron chi connectivity index (χ1n) is 11.3. The van der Waals surface area contributed by atoms with Gasteiger partial charge in [-0.15, -0.1) is 11.3 Å². The Kier molecular flexibility index (Phi) is 5.31. The molecule has 0 saturated carbocycles. The minimum atomic E-state index is -0.0212. The molecule has 0 N–H and O–H groups in total. The molecule has 166 valence electrons. The van der Waals surface area contributed by atoms with E-state index in [4.69, 9.17) is 4.98 Å². The van der Waals surface area contributed by atoms with E-state index < -0.39 is 0 Å². The molecule has 1 amide bonds. The maximum Gasteiger partial charge on any atom is 0.267 e. The number of fused-ring (bicyclic) bond motifs is 4. The first kappa shape index (κ1) is 20.7. The molecule has 4 aromatic rings. The Morgan fingerprint density at radius 2 is 1.79 bits per heavy atom. The molecule has 2 aromatic heterocycles. The number of carbonyl (C=O) groups is 1. The molecule has 0 saturated heterocycles. The van der Waals surface area contributed by atoms with Crippen LogP contribution in [0, 0.1) is 0 Å². The van der Waals surface area contributed by atoms with Crippen LogP contribution in [-0.4, -0.2) is 27.8 Å². The summed E-state index contributed by atoms with van der Waals surface area (Å²) < 4.78 is 1.69. The number of hydrogen-bond donors (Lipinski definition) is 0. The molecule has 7 heteroatoms. The number of nitrogens with zero attached hydrogens (tertiary/aromatic N) is 3. The molecule has 33 heavy (non-hydrogen) atoms. The maximum absolute atomic E-state index is 13.8. The van der Waals surface area contributed by atoms with Gasteiger partial charge in [0, 0.05) is 17.1 Å². The van der Waals surface area contributed by atoms with Gasteiger partial charge in [0.05, 0.1) is 16.8 Å². The van der Waals surface area contributed by atoms with Crippen LogP contribution in [0.4, 0.5) is 5.69 Å². The number of thioether (sulfide) groups is 1. The molecular formula is C26H23N3O2S2. The summed E-state index contributed by atoms with van der Waals surface area (Å²) in [5, 5.41) is 1.35. The van der Waals surface area contributed by atoms with Gasteiger partial charge in [0.25, 0.3) is 5.56 Å². The highest BCUT2D eigenvalue weighted by Crippen LogP contribution is 2.35. The molecule has 0 atom stereocenters. The molecule has 0 bridgehead atoms. The summed E-state index contributed by atoms with van der Waals surface area (Å²) in [6.45, 7) is 0.703. The fraction of sp³-hybridized carbons (Fsp3) is 0.269. The molecule has 0 radical (unpaired) electrons. The van der Waals surface area contributed by atoms with Crippen LogP contribution in [0.3, 0.4) is 0 Å². The summed E-state index contributed by atoms with van der Waals surface area (Å²) >= 11 is 3.00. The molecule has 0 spiro atoms. The Labute approximate surface area is 200 Å². The Hall–Kier alpha value is -2.90. The number of aryl methyl sites for hydroxylation is 2. The lowest BCUT2D eigenvalue weighted by Gasteiger charge is -2.18. The smallest absolute Gasteiger partial charge is 0.267 e. The van der Waals surface area contributed by atoms with E-state index in [-0.39, 0.29) is 17.2 Å². The van der Waals surface area contributed by atoms with E-state index in [9.17, 15) is 9.59 Å². The quantitative estimate of drug-likeness (QED) is 0.309. The third kappa shape index (κ3) is 3.60. The highest BCUT2D eigenvalue weighted by atomic mass is 32.2. The van der Waals surface area contributed by atoms with E-state index in [2.05, 4.69) is 6.07 Å². The SMILES string of the molecule is O=C(CSc1nc2sc3c(c2c(=O)n1-c1ccccc1)CCCC3)N1CCc2ccccc21. The minimum Gasteiger partial charge on any atom is -0.311 e. The number of anilines is 1. The zero-order valence-electron chi connectivity index (χ0n) is 18.1. The van der Waals surface area contributed by atoms with Crippen LogP contribution in [-0.2, 0) is 24.1 Å². The first-order chi connectivity index (χ1) is 16.2. The second-order valence-corrected chi connectivity index (χ2v) is 10.5. The number of benzene rings is 2. The van der Waals surface area contributed by atoms with Crippen molar-refractivity contribution in [1.29, 1.82) is 0 Å². The molecule has 2 aromatic carbocycles. The predicted octanol–water partition coefficient (Wildman–Crippen LogP) is 5.01. The molecule has 0 unspecified atom stereocenters. The lowest BCUT2D eigenvalue weighted by atomic mass is 9.97. The van der Waals surface area contributed by atoms with Crippen LogP contribution in [0.25, 0.3) is 15.9 Å². The van der Waals surface area contributed by atoms with Crippen molar-refractivity contribution in [3.8, 4) is 5.69 Å². The van der Waals surface area contributed by atoms with Crippen molar-refractivity contribution in [1.82, 2.24) is 9.55 Å². The highest BCUT2D eigenvalue weighted by molar-refractivity contribution is 7.99. The number of aromatic nitrogens is 2. The summed E-state index contributed by atoms with van der Waals surface area (Å²) in [4.78, 5) is 35.8. The molecule has 1 aliphatic carbocycles. The van der Waals surface area contributed by atoms with Crippen molar-refractivity contribution in [2.24, 2.45) is 0 Å². The van der Waals surface area contributed by atoms with Crippen LogP contribution in [0.1, 0.15) is 28.8 Å². The van der Waals surface area contributed by atoms with Gasteiger partial charge in [-0.1, -0.05) is 48.2 Å². The topological polar surface area (TPSA) is 55.2 Å². The van der Waals surface area contributed by atoms with E-state index in [1.807, 2.05) is 53.4 Å². The molecular weight excluding hydrogens is 450 g/mol. The average Bonchev–Trinajstić information content (AvgIpc) is 3.45. The van der Waals surface area contributed by atoms with Crippen molar-refractivity contribution in [2.75, 3.05) is 17.2 Å². The van der Waals surface area contributed by atoms with E-state index >= 15 is 0 Å². The Morgan fingerprint density at radius 3 is 2.67 bits per heavy atom. The summed E-state index contributed by atoms with van der Waals surface area (Å²) in [7, 11) is 0. The third-order valence-electron chi connectivity index (χ3n) is 6.49. The van der Waals surface area contributed by atoms with Crippen LogP contribution in [0.5, 0.6) is 0 Å². The van der Waals surface area contributed by atoms with E-state index in [0.717, 1.165) is 47.3 Å². The molecule has 3 heterocycles. The summed E-state index contributed by atoms with van der Waals surface area (Å²) in [6, 6.07) is 17.7. The van der Waals surface area contributed by atoms with Crippen LogP contribution in [0.2, 0.25) is 0 Å². The predicted molar refractivity (Wildman–Crippen MR) is 135 cm³/mol. The average molecular weight is 474 g/mol. The van der Waals surface area contributed by atoms with Crippen LogP contribution < -0.4 is 10.5 Å². The number of hydrogen-bond acceptors (Lipinski definition) is 5. The lowest BCUT2D eigenvalue weighted by Crippen LogP contribution is -2.31. The van der Waals surface area contributed by atoms with Gasteiger partial charge in [-0.05, 0) is 61.4 Å². The second-order valence-electron chi connectivity index (χ2n) is 8.47. The molecule has 1 aliphatic heterocycles. The first-order valence-corrected chi connectivity index (χ1v) is 13.1. The molecule has 0 fully saturated rings. The number of thiophene rings is 1. The Morgan fingerprint density at radius 1 is 1.00 bits per heavy atom. The second kappa shape index (κ2) is 8.47. The normalized spacial score (nSPS) is 15.0. The lowest BCUT2D eigenvalue weighted by molar-refractivity contribution is -0.116. The van der Waals surface area contributed by atoms with Gasteiger partial charge in [0.15, 0.2) is 5.16 Å². The highest BCUT2D eigenvalue weighted by Gasteiger charge is 2.26. The Bertz CT molecular complexity index is 1420. The van der Waals surface area contributed by atoms with Crippen molar-refractivity contribution >= 4 is 44.9 Å². The van der Waals surface area contributed by atoms with Crippen molar-refractivity contribution in [3.63, 3.8) is 0 Å². The van der Waals surface area contributed by atoms with E-state index in [1.165, 1.54) is 34.2 Å². The van der Waals surface area contributed by atoms with Gasteiger partial charge in [0.1, 0.15) is 4.83 Å². The fourth-order valence-electron chi connectivity index (χ4n) is 4.89. The van der Waals surface area contributed by atoms with E-state index in [1.54, 1.807) is 15.9 Å². The molecule has 6 rings (SSSR count). The van der Waals surface area contributed by atoms with Gasteiger partial charge >= 0.3 is 0 Å². The third-order valence-corrected chi connectivity index (χ3v) is 8.59. The van der Waals surface area contributed by atoms with Gasteiger partial charge in [0.2, 0.25) is 5.91 Å². The Balaban J connectivity index is 1.39. The molecule has 5 nitrogen and oxygen atoms in total. The largest absolute Gasteiger partial charge is 0.311 e. The van der Waals surface area contributed by atoms with Crippen molar-refractivity contribution in [3.05, 3.63) is 81.0 Å². The standard InChI is InChI=1S/C26H23N3O2S2/c30-22(28-15-14-17-8-4-6-12-20(17)28)16-32-26-27-24-23(19-11-5-7-13-21(19)33-24)25(31)29(26)18-9-2-1-3-10-18/h1-4,6,8-10,12H,5,7,11,13-16H2. The summed E-state index contributed by atoms with van der Waals surface area (Å²) in [5.41, 5.74) is 4.16. The summed E-state index contributed by atoms with van der Waals surface area (Å²) in [6.07, 6.45) is 5.13. The molecule has 2 aliphatic rings. The monoisotopic (exact) mass is 473 g/mol. The van der Waals surface area contributed by atoms with Gasteiger partial charge in [-0.25, -0.2) is 4.98 Å². The van der Waals surface area contributed by atoms with Crippen molar-refractivity contribution in [2.45, 2.75) is 37.3 Å². The zero-order chi connectivity index (χ0) is 22.4. The summed E-state index contributed by atoms with van der Waals surface area (Å²) in [5.74, 6) is 0.286. The maximum atomic E-state index is 13.8. The van der Waals surface area contributed by atoms with E-state index in [0.29, 0.717) is 11.7 Å². The van der Waals surface area contributed by atoms with Gasteiger partial charge in [-0.2, -0.15) is 0 Å². The van der Waals surface area contributed by atoms with Gasteiger partial charge < -0.3 is 4.90 Å². The number of rotatable bonds is 4.